The summed E-state index contributed by atoms with van der Waals surface area (Å²) in [6, 6.07) is 10.5. The van der Waals surface area contributed by atoms with Crippen molar-refractivity contribution in [2.45, 2.75) is 95.7 Å². The average molecular weight is 636 g/mol. The molecule has 4 atom stereocenters. The number of benzene rings is 2. The molecule has 2 N–H and O–H groups in total. The third-order valence-electron chi connectivity index (χ3n) is 11.1. The van der Waals surface area contributed by atoms with Crippen molar-refractivity contribution in [3.05, 3.63) is 81.1 Å². The van der Waals surface area contributed by atoms with Gasteiger partial charge in [-0.1, -0.05) is 48.4 Å². The number of aliphatic imine (C=N–C) groups is 1. The van der Waals surface area contributed by atoms with Crippen LogP contribution in [-0.2, 0) is 12.8 Å². The average Bonchev–Trinajstić information content (AvgIpc) is 3.27. The van der Waals surface area contributed by atoms with E-state index in [9.17, 15) is 19.4 Å². The SMILES string of the molecule is CC1=CCCC2(C)C(CCC2(O)CN2CCCN3CCCN=C32)c2ccc(cc2C(=O)Cc2c(F)cccc2Cl)CC(O)CC1. The molecule has 3 aliphatic carbocycles. The Morgan fingerprint density at radius 3 is 2.78 bits per heavy atom. The molecule has 5 aliphatic rings. The summed E-state index contributed by atoms with van der Waals surface area (Å²) in [7, 11) is 0. The van der Waals surface area contributed by atoms with Crippen LogP contribution >= 0.6 is 11.6 Å². The van der Waals surface area contributed by atoms with Gasteiger partial charge in [0.05, 0.1) is 18.2 Å². The number of ketones is 1. The summed E-state index contributed by atoms with van der Waals surface area (Å²) in [6.45, 7) is 8.57. The summed E-state index contributed by atoms with van der Waals surface area (Å²) >= 11 is 6.36. The summed E-state index contributed by atoms with van der Waals surface area (Å²) in [5, 5.41) is 23.9. The highest BCUT2D eigenvalue weighted by Gasteiger charge is 2.57. The zero-order valence-corrected chi connectivity index (χ0v) is 27.5. The molecule has 242 valence electrons. The van der Waals surface area contributed by atoms with Crippen LogP contribution in [0.15, 0.2) is 53.0 Å². The van der Waals surface area contributed by atoms with Crippen molar-refractivity contribution < 1.29 is 19.4 Å². The highest BCUT2D eigenvalue weighted by Crippen LogP contribution is 2.59. The topological polar surface area (TPSA) is 76.4 Å². The monoisotopic (exact) mass is 635 g/mol. The van der Waals surface area contributed by atoms with E-state index in [4.69, 9.17) is 16.6 Å². The fourth-order valence-corrected chi connectivity index (χ4v) is 8.60. The molecule has 1 saturated carbocycles. The van der Waals surface area contributed by atoms with Crippen molar-refractivity contribution in [2.24, 2.45) is 10.4 Å². The van der Waals surface area contributed by atoms with Gasteiger partial charge < -0.3 is 20.0 Å². The highest BCUT2D eigenvalue weighted by atomic mass is 35.5. The second kappa shape index (κ2) is 13.2. The second-order valence-electron chi connectivity index (χ2n) is 14.0. The van der Waals surface area contributed by atoms with E-state index in [2.05, 4.69) is 29.7 Å². The van der Waals surface area contributed by atoms with Crippen LogP contribution in [-0.4, -0.2) is 76.2 Å². The lowest BCUT2D eigenvalue weighted by molar-refractivity contribution is -0.0772. The quantitative estimate of drug-likeness (QED) is 0.282. The largest absolute Gasteiger partial charge is 0.393 e. The normalized spacial score (nSPS) is 29.0. The van der Waals surface area contributed by atoms with E-state index in [-0.39, 0.29) is 28.7 Å². The lowest BCUT2D eigenvalue weighted by Crippen LogP contribution is -2.59. The van der Waals surface area contributed by atoms with Crippen LogP contribution in [0.1, 0.15) is 98.2 Å². The highest BCUT2D eigenvalue weighted by molar-refractivity contribution is 6.31. The van der Waals surface area contributed by atoms with E-state index in [1.165, 1.54) is 11.6 Å². The minimum absolute atomic E-state index is 0.0812. The first-order valence-corrected chi connectivity index (χ1v) is 17.1. The van der Waals surface area contributed by atoms with Crippen LogP contribution < -0.4 is 0 Å². The van der Waals surface area contributed by atoms with Crippen LogP contribution in [0, 0.1) is 11.2 Å². The maximum absolute atomic E-state index is 14.8. The molecule has 1 saturated heterocycles. The number of aliphatic hydroxyl groups excluding tert-OH is 1. The predicted octanol–water partition coefficient (Wildman–Crippen LogP) is 6.71. The first-order valence-electron chi connectivity index (χ1n) is 16.8. The van der Waals surface area contributed by atoms with E-state index in [0.29, 0.717) is 31.4 Å². The third kappa shape index (κ3) is 6.45. The number of hydrogen-bond acceptors (Lipinski definition) is 6. The number of carbonyl (C=O) groups excluding carboxylic acids is 1. The maximum atomic E-state index is 14.8. The number of guanidine groups is 1. The van der Waals surface area contributed by atoms with Gasteiger partial charge in [0.1, 0.15) is 5.82 Å². The number of carbonyl (C=O) groups is 1. The minimum Gasteiger partial charge on any atom is -0.393 e. The van der Waals surface area contributed by atoms with Gasteiger partial charge in [-0.15, -0.1) is 0 Å². The molecule has 0 amide bonds. The van der Waals surface area contributed by atoms with Gasteiger partial charge >= 0.3 is 0 Å². The number of fused-ring (bicyclic) bond motifs is 9. The molecule has 2 bridgehead atoms. The number of allylic oxidation sites excluding steroid dienone is 2. The smallest absolute Gasteiger partial charge is 0.196 e. The lowest BCUT2D eigenvalue weighted by atomic mass is 9.64. The molecule has 0 aromatic heterocycles. The van der Waals surface area contributed by atoms with E-state index >= 15 is 0 Å². The Morgan fingerprint density at radius 2 is 1.96 bits per heavy atom. The van der Waals surface area contributed by atoms with Gasteiger partial charge in [-0.2, -0.15) is 0 Å². The molecule has 8 heteroatoms. The summed E-state index contributed by atoms with van der Waals surface area (Å²) in [4.78, 5) is 23.7. The standard InChI is InChI=1S/C37H47ClFN3O3/c1-25-7-4-15-36(2)31(14-16-37(36,45)24-42-20-6-19-41-18-5-17-40-35(41)42)28-13-11-26(21-27(43)12-10-25)22-29(28)34(44)23-30-32(38)8-3-9-33(30)39/h3,7-9,11,13,22,27,31,43,45H,4-6,10,12,14-21,23-24H2,1-2H3. The Morgan fingerprint density at radius 1 is 1.13 bits per heavy atom. The van der Waals surface area contributed by atoms with Crippen molar-refractivity contribution in [1.29, 1.82) is 0 Å². The van der Waals surface area contributed by atoms with E-state index < -0.39 is 22.9 Å². The maximum Gasteiger partial charge on any atom is 0.196 e. The van der Waals surface area contributed by atoms with Crippen molar-refractivity contribution in [2.75, 3.05) is 32.7 Å². The number of aliphatic hydroxyl groups is 2. The molecule has 2 aliphatic heterocycles. The zero-order chi connectivity index (χ0) is 31.8. The zero-order valence-electron chi connectivity index (χ0n) is 26.7. The number of halogens is 2. The number of nitrogens with zero attached hydrogens (tertiary/aromatic N) is 3. The molecule has 4 unspecified atom stereocenters. The number of Topliss-reactive ketones (excluding diaryl/α,β-unsaturated/α-hetero) is 1. The number of β-amino-alcohol motifs (C(OH)–C–C–N with tert-alkyl or cyclic N) is 1. The lowest BCUT2D eigenvalue weighted by Gasteiger charge is -2.49. The molecule has 2 aromatic rings. The molecule has 2 heterocycles. The van der Waals surface area contributed by atoms with Crippen LogP contribution in [0.3, 0.4) is 0 Å². The fourth-order valence-electron chi connectivity index (χ4n) is 8.37. The Balaban J connectivity index is 1.41. The van der Waals surface area contributed by atoms with Crippen molar-refractivity contribution in [1.82, 2.24) is 9.80 Å². The summed E-state index contributed by atoms with van der Waals surface area (Å²) in [6.07, 6.45) is 8.48. The van der Waals surface area contributed by atoms with Crippen LogP contribution in [0.25, 0.3) is 0 Å². The molecule has 0 spiro atoms. The van der Waals surface area contributed by atoms with Gasteiger partial charge in [-0.3, -0.25) is 9.79 Å². The number of hydrogen-bond donors (Lipinski definition) is 2. The number of rotatable bonds is 5. The fraction of sp³-hybridized carbons (Fsp3) is 0.568. The Bertz CT molecular complexity index is 1470. The first kappa shape index (κ1) is 32.2. The molecular formula is C37H47ClFN3O3. The molecule has 45 heavy (non-hydrogen) atoms. The Hall–Kier alpha value is -2.74. The van der Waals surface area contributed by atoms with Gasteiger partial charge in [-0.05, 0) is 100.0 Å². The summed E-state index contributed by atoms with van der Waals surface area (Å²) in [5.41, 5.74) is 2.25. The molecule has 2 aromatic carbocycles. The van der Waals surface area contributed by atoms with Gasteiger partial charge in [0.2, 0.25) is 0 Å². The second-order valence-corrected chi connectivity index (χ2v) is 14.5. The van der Waals surface area contributed by atoms with Crippen LogP contribution in [0.5, 0.6) is 0 Å². The van der Waals surface area contributed by atoms with E-state index in [1.807, 2.05) is 18.2 Å². The van der Waals surface area contributed by atoms with Crippen molar-refractivity contribution >= 4 is 23.3 Å². The minimum atomic E-state index is -0.997. The molecule has 2 fully saturated rings. The summed E-state index contributed by atoms with van der Waals surface area (Å²) in [5.74, 6) is 0.249. The van der Waals surface area contributed by atoms with Crippen molar-refractivity contribution in [3.63, 3.8) is 0 Å². The predicted molar refractivity (Wildman–Crippen MR) is 178 cm³/mol. The van der Waals surface area contributed by atoms with Crippen LogP contribution in [0.4, 0.5) is 4.39 Å². The Kier molecular flexibility index (Phi) is 9.43. The van der Waals surface area contributed by atoms with E-state index in [0.717, 1.165) is 81.8 Å². The molecular weight excluding hydrogens is 589 g/mol. The van der Waals surface area contributed by atoms with Gasteiger partial charge in [0, 0.05) is 54.2 Å². The molecule has 7 rings (SSSR count). The first-order chi connectivity index (χ1) is 21.6. The molecule has 6 nitrogen and oxygen atoms in total. The van der Waals surface area contributed by atoms with E-state index in [1.54, 1.807) is 12.1 Å². The molecule has 0 radical (unpaired) electrons. The van der Waals surface area contributed by atoms with Crippen LogP contribution in [0.2, 0.25) is 5.02 Å². The van der Waals surface area contributed by atoms with Gasteiger partial charge in [0.15, 0.2) is 11.7 Å². The Labute approximate surface area is 272 Å². The van der Waals surface area contributed by atoms with Gasteiger partial charge in [0.25, 0.3) is 0 Å². The van der Waals surface area contributed by atoms with Gasteiger partial charge in [-0.25, -0.2) is 4.39 Å². The van der Waals surface area contributed by atoms with Crippen molar-refractivity contribution in [3.8, 4) is 0 Å². The third-order valence-corrected chi connectivity index (χ3v) is 11.4. The summed E-state index contributed by atoms with van der Waals surface area (Å²) < 4.78 is 14.8.